The Balaban J connectivity index is 3.78. The molecule has 0 amide bonds. The van der Waals surface area contributed by atoms with Crippen molar-refractivity contribution in [3.8, 4) is 0 Å². The van der Waals surface area contributed by atoms with Crippen LogP contribution >= 0.6 is 0 Å². The third kappa shape index (κ3) is 37.3. The maximum Gasteiger partial charge on any atom is 0.306 e. The molecule has 0 heterocycles. The lowest BCUT2D eigenvalue weighted by molar-refractivity contribution is -0.161. The molecule has 0 saturated carbocycles. The summed E-state index contributed by atoms with van der Waals surface area (Å²) in [7, 11) is 0. The van der Waals surface area contributed by atoms with Crippen molar-refractivity contribution in [1.29, 1.82) is 0 Å². The number of carbonyl (C=O) groups excluding carboxylic acids is 2. The van der Waals surface area contributed by atoms with Gasteiger partial charge in [0.15, 0.2) is 6.10 Å². The van der Waals surface area contributed by atoms with Crippen LogP contribution in [0.15, 0.2) is 48.6 Å². The van der Waals surface area contributed by atoms with E-state index >= 15 is 0 Å². The third-order valence-electron chi connectivity index (χ3n) is 8.99. The van der Waals surface area contributed by atoms with Gasteiger partial charge < -0.3 is 24.8 Å². The Kier molecular flexibility index (Phi) is 35.9. The van der Waals surface area contributed by atoms with E-state index in [0.29, 0.717) is 25.7 Å². The largest absolute Gasteiger partial charge is 0.462 e. The van der Waals surface area contributed by atoms with Crippen LogP contribution in [0.3, 0.4) is 0 Å². The smallest absolute Gasteiger partial charge is 0.306 e. The van der Waals surface area contributed by atoms with E-state index in [1.807, 2.05) is 6.08 Å². The van der Waals surface area contributed by atoms with Crippen molar-refractivity contribution in [3.05, 3.63) is 48.6 Å². The molecule has 0 radical (unpaired) electrons. The zero-order chi connectivity index (χ0) is 37.6. The van der Waals surface area contributed by atoms with Crippen LogP contribution in [0.2, 0.25) is 0 Å². The SMILES string of the molecule is CCCCC/C=C\C[C@H](O)/C=C/C=C/C=C\[C@H](O)CCCC(=O)O[C@@H](CO)COC(=O)CCCCCCCCCCCCCCCCCC(C)C. The van der Waals surface area contributed by atoms with Gasteiger partial charge in [0, 0.05) is 12.8 Å². The Morgan fingerprint density at radius 3 is 1.67 bits per heavy atom. The Morgan fingerprint density at radius 1 is 0.588 bits per heavy atom. The molecule has 0 unspecified atom stereocenters. The van der Waals surface area contributed by atoms with E-state index < -0.39 is 30.9 Å². The lowest BCUT2D eigenvalue weighted by atomic mass is 10.0. The van der Waals surface area contributed by atoms with Gasteiger partial charge >= 0.3 is 11.9 Å². The highest BCUT2D eigenvalue weighted by Crippen LogP contribution is 2.15. The molecular weight excluding hydrogens is 640 g/mol. The van der Waals surface area contributed by atoms with Crippen molar-refractivity contribution in [3.63, 3.8) is 0 Å². The molecule has 7 heteroatoms. The normalized spacial score (nSPS) is 14.0. The Labute approximate surface area is 313 Å². The van der Waals surface area contributed by atoms with E-state index in [4.69, 9.17) is 9.47 Å². The average Bonchev–Trinajstić information content (AvgIpc) is 3.10. The molecule has 0 spiro atoms. The predicted octanol–water partition coefficient (Wildman–Crippen LogP) is 10.8. The summed E-state index contributed by atoms with van der Waals surface area (Å²) in [6.45, 7) is 6.23. The van der Waals surface area contributed by atoms with E-state index in [2.05, 4.69) is 26.8 Å². The van der Waals surface area contributed by atoms with E-state index in [1.54, 1.807) is 36.5 Å². The van der Waals surface area contributed by atoms with Crippen LogP contribution < -0.4 is 0 Å². The van der Waals surface area contributed by atoms with Crippen molar-refractivity contribution >= 4 is 11.9 Å². The summed E-state index contributed by atoms with van der Waals surface area (Å²) in [4.78, 5) is 24.3. The van der Waals surface area contributed by atoms with Gasteiger partial charge in [0.2, 0.25) is 0 Å². The number of esters is 2. The van der Waals surface area contributed by atoms with Gasteiger partial charge in [-0.25, -0.2) is 0 Å². The lowest BCUT2D eigenvalue weighted by Gasteiger charge is -2.16. The molecule has 3 atom stereocenters. The first-order valence-corrected chi connectivity index (χ1v) is 20.8. The average molecular weight is 719 g/mol. The van der Waals surface area contributed by atoms with Gasteiger partial charge in [-0.15, -0.1) is 0 Å². The van der Waals surface area contributed by atoms with Gasteiger partial charge in [0.1, 0.15) is 6.61 Å². The summed E-state index contributed by atoms with van der Waals surface area (Å²) >= 11 is 0. The molecular formula is C44H78O7. The van der Waals surface area contributed by atoms with Crippen molar-refractivity contribution in [2.24, 2.45) is 5.92 Å². The molecule has 7 nitrogen and oxygen atoms in total. The summed E-state index contributed by atoms with van der Waals surface area (Å²) in [5.41, 5.74) is 0. The van der Waals surface area contributed by atoms with Gasteiger partial charge in [-0.1, -0.05) is 179 Å². The first kappa shape index (κ1) is 48.8. The fourth-order valence-corrected chi connectivity index (χ4v) is 5.76. The lowest BCUT2D eigenvalue weighted by Crippen LogP contribution is -2.28. The molecule has 0 rings (SSSR count). The Morgan fingerprint density at radius 2 is 1.12 bits per heavy atom. The number of aliphatic hydroxyl groups is 3. The predicted molar refractivity (Wildman–Crippen MR) is 212 cm³/mol. The number of ether oxygens (including phenoxy) is 2. The van der Waals surface area contributed by atoms with E-state index in [-0.39, 0.29) is 19.0 Å². The second-order valence-corrected chi connectivity index (χ2v) is 14.6. The molecule has 0 aliphatic rings. The van der Waals surface area contributed by atoms with Crippen molar-refractivity contribution in [2.45, 2.75) is 200 Å². The first-order valence-electron chi connectivity index (χ1n) is 20.8. The van der Waals surface area contributed by atoms with Gasteiger partial charge in [0.25, 0.3) is 0 Å². The number of carbonyl (C=O) groups is 2. The highest BCUT2D eigenvalue weighted by Gasteiger charge is 2.16. The molecule has 0 aliphatic heterocycles. The van der Waals surface area contributed by atoms with Gasteiger partial charge in [0.05, 0.1) is 18.8 Å². The number of hydrogen-bond donors (Lipinski definition) is 3. The monoisotopic (exact) mass is 719 g/mol. The first-order chi connectivity index (χ1) is 24.8. The van der Waals surface area contributed by atoms with E-state index in [0.717, 1.165) is 31.6 Å². The zero-order valence-electron chi connectivity index (χ0n) is 33.0. The van der Waals surface area contributed by atoms with Gasteiger partial charge in [-0.2, -0.15) is 0 Å². The van der Waals surface area contributed by atoms with Crippen molar-refractivity contribution in [2.75, 3.05) is 13.2 Å². The molecule has 3 N–H and O–H groups in total. The van der Waals surface area contributed by atoms with Gasteiger partial charge in [-0.05, 0) is 44.4 Å². The Bertz CT molecular complexity index is 907. The molecule has 0 aromatic carbocycles. The topological polar surface area (TPSA) is 113 Å². The zero-order valence-corrected chi connectivity index (χ0v) is 33.0. The van der Waals surface area contributed by atoms with Crippen LogP contribution in [0.4, 0.5) is 0 Å². The highest BCUT2D eigenvalue weighted by atomic mass is 16.6. The minimum Gasteiger partial charge on any atom is -0.462 e. The highest BCUT2D eigenvalue weighted by molar-refractivity contribution is 5.70. The molecule has 51 heavy (non-hydrogen) atoms. The summed E-state index contributed by atoms with van der Waals surface area (Å²) in [5, 5.41) is 29.7. The standard InChI is InChI=1S/C44H78O7/c1-4-5-6-7-20-25-31-40(46)32-26-22-23-27-33-41(47)34-29-36-44(49)51-42(37-45)38-50-43(48)35-28-21-18-16-14-12-10-8-9-11-13-15-17-19-24-30-39(2)3/h20,22-23,25-27,32-33,39-42,45-47H,4-19,21,24,28-31,34-38H2,1-3H3/b23-22+,25-20-,32-26+,33-27-/t40-,41-,42-/m0/s1. The molecule has 0 aromatic rings. The summed E-state index contributed by atoms with van der Waals surface area (Å²) in [5.74, 6) is 0.0136. The molecule has 0 bridgehead atoms. The van der Waals surface area contributed by atoms with Crippen molar-refractivity contribution in [1.82, 2.24) is 0 Å². The Hall–Kier alpha value is -2.22. The molecule has 0 aliphatic carbocycles. The minimum absolute atomic E-state index is 0.0949. The fraction of sp³-hybridized carbons (Fsp3) is 0.773. The molecule has 296 valence electrons. The summed E-state index contributed by atoms with van der Waals surface area (Å²) in [6.07, 6.45) is 39.5. The number of aliphatic hydroxyl groups excluding tert-OH is 3. The van der Waals surface area contributed by atoms with Crippen molar-refractivity contribution < 1.29 is 34.4 Å². The maximum atomic E-state index is 12.2. The summed E-state index contributed by atoms with van der Waals surface area (Å²) in [6, 6.07) is 0. The third-order valence-corrected chi connectivity index (χ3v) is 8.99. The maximum absolute atomic E-state index is 12.2. The van der Waals surface area contributed by atoms with Crippen LogP contribution in [-0.4, -0.2) is 58.8 Å². The number of rotatable bonds is 36. The van der Waals surface area contributed by atoms with E-state index in [9.17, 15) is 24.9 Å². The minimum atomic E-state index is -0.885. The molecule has 0 saturated heterocycles. The summed E-state index contributed by atoms with van der Waals surface area (Å²) < 4.78 is 10.5. The second kappa shape index (κ2) is 37.5. The number of hydrogen-bond acceptors (Lipinski definition) is 7. The van der Waals surface area contributed by atoms with Crippen LogP contribution in [-0.2, 0) is 19.1 Å². The fourth-order valence-electron chi connectivity index (χ4n) is 5.76. The van der Waals surface area contributed by atoms with E-state index in [1.165, 1.54) is 103 Å². The van der Waals surface area contributed by atoms with Crippen LogP contribution in [0.5, 0.6) is 0 Å². The van der Waals surface area contributed by atoms with Crippen LogP contribution in [0.25, 0.3) is 0 Å². The number of allylic oxidation sites excluding steroid dienone is 5. The molecule has 0 fully saturated rings. The van der Waals surface area contributed by atoms with Crippen LogP contribution in [0.1, 0.15) is 181 Å². The molecule has 0 aromatic heterocycles. The second-order valence-electron chi connectivity index (χ2n) is 14.6. The van der Waals surface area contributed by atoms with Crippen LogP contribution in [0, 0.1) is 5.92 Å². The number of unbranched alkanes of at least 4 members (excludes halogenated alkanes) is 17. The van der Waals surface area contributed by atoms with Gasteiger partial charge in [-0.3, -0.25) is 9.59 Å². The quantitative estimate of drug-likeness (QED) is 0.0256.